The molecule has 22 heavy (non-hydrogen) atoms. The van der Waals surface area contributed by atoms with E-state index in [0.29, 0.717) is 6.54 Å². The first-order chi connectivity index (χ1) is 10.5. The van der Waals surface area contributed by atoms with Crippen LogP contribution in [0.15, 0.2) is 18.2 Å². The zero-order valence-electron chi connectivity index (χ0n) is 13.8. The van der Waals surface area contributed by atoms with Crippen LogP contribution in [0.4, 0.5) is 5.69 Å². The van der Waals surface area contributed by atoms with Gasteiger partial charge in [-0.05, 0) is 38.0 Å². The lowest BCUT2D eigenvalue weighted by Gasteiger charge is -2.34. The summed E-state index contributed by atoms with van der Waals surface area (Å²) in [6.07, 6.45) is 0.975. The van der Waals surface area contributed by atoms with Gasteiger partial charge in [-0.15, -0.1) is 0 Å². The number of hydrogen-bond acceptors (Lipinski definition) is 2. The summed E-state index contributed by atoms with van der Waals surface area (Å²) in [4.78, 5) is 15.7. The van der Waals surface area contributed by atoms with Gasteiger partial charge in [0.2, 0.25) is 0 Å². The van der Waals surface area contributed by atoms with E-state index in [1.54, 1.807) is 0 Å². The molecule has 122 valence electrons. The number of aryl methyl sites for hydroxylation is 1. The molecule has 1 aromatic carbocycles. The number of rotatable bonds is 5. The van der Waals surface area contributed by atoms with Crippen LogP contribution in [0.1, 0.15) is 25.8 Å². The SMILES string of the molecule is CC[C@H](C)NC(=O)C[NH+]1CCN(c2cc(Cl)ccc2C)CC1. The molecule has 0 spiro atoms. The van der Waals surface area contributed by atoms with Gasteiger partial charge >= 0.3 is 0 Å². The fourth-order valence-electron chi connectivity index (χ4n) is 2.82. The molecule has 0 saturated carbocycles. The average molecular weight is 325 g/mol. The fourth-order valence-corrected chi connectivity index (χ4v) is 2.99. The zero-order chi connectivity index (χ0) is 16.1. The van der Waals surface area contributed by atoms with Crippen LogP contribution in [0.5, 0.6) is 0 Å². The molecule has 0 radical (unpaired) electrons. The topological polar surface area (TPSA) is 36.8 Å². The summed E-state index contributed by atoms with van der Waals surface area (Å²) in [6, 6.07) is 6.30. The molecule has 1 heterocycles. The summed E-state index contributed by atoms with van der Waals surface area (Å²) in [5.74, 6) is 0.164. The third kappa shape index (κ3) is 4.62. The highest BCUT2D eigenvalue weighted by molar-refractivity contribution is 6.30. The molecule has 1 saturated heterocycles. The number of carbonyl (C=O) groups excluding carboxylic acids is 1. The van der Waals surface area contributed by atoms with Crippen LogP contribution in [0, 0.1) is 6.92 Å². The minimum atomic E-state index is 0.164. The van der Waals surface area contributed by atoms with Gasteiger partial charge in [-0.1, -0.05) is 24.6 Å². The van der Waals surface area contributed by atoms with Crippen LogP contribution in [-0.2, 0) is 4.79 Å². The van der Waals surface area contributed by atoms with Gasteiger partial charge in [0, 0.05) is 16.8 Å². The van der Waals surface area contributed by atoms with Gasteiger partial charge in [0.25, 0.3) is 5.91 Å². The number of quaternary nitrogens is 1. The summed E-state index contributed by atoms with van der Waals surface area (Å²) in [5.41, 5.74) is 2.47. The maximum absolute atomic E-state index is 12.0. The molecule has 1 aliphatic heterocycles. The van der Waals surface area contributed by atoms with Crippen molar-refractivity contribution in [2.24, 2.45) is 0 Å². The molecule has 0 aromatic heterocycles. The summed E-state index contributed by atoms with van der Waals surface area (Å²) in [5, 5.41) is 3.83. The normalized spacial score (nSPS) is 17.4. The number of halogens is 1. The Labute approximate surface area is 138 Å². The lowest BCUT2D eigenvalue weighted by molar-refractivity contribution is -0.892. The van der Waals surface area contributed by atoms with Crippen LogP contribution in [0.2, 0.25) is 5.02 Å². The van der Waals surface area contributed by atoms with Crippen molar-refractivity contribution in [3.05, 3.63) is 28.8 Å². The van der Waals surface area contributed by atoms with Gasteiger partial charge in [0.05, 0.1) is 26.2 Å². The highest BCUT2D eigenvalue weighted by Gasteiger charge is 2.23. The molecule has 1 aromatic rings. The van der Waals surface area contributed by atoms with Crippen molar-refractivity contribution >= 4 is 23.2 Å². The predicted octanol–water partition coefficient (Wildman–Crippen LogP) is 1.27. The Kier molecular flexibility index (Phi) is 6.09. The van der Waals surface area contributed by atoms with Crippen molar-refractivity contribution in [1.82, 2.24) is 5.32 Å². The Bertz CT molecular complexity index is 513. The lowest BCUT2D eigenvalue weighted by atomic mass is 10.1. The first-order valence-electron chi connectivity index (χ1n) is 8.13. The van der Waals surface area contributed by atoms with Gasteiger partial charge in [0.1, 0.15) is 0 Å². The minimum Gasteiger partial charge on any atom is -0.360 e. The van der Waals surface area contributed by atoms with Crippen LogP contribution >= 0.6 is 11.6 Å². The third-order valence-electron chi connectivity index (χ3n) is 4.41. The van der Waals surface area contributed by atoms with E-state index >= 15 is 0 Å². The smallest absolute Gasteiger partial charge is 0.275 e. The molecule has 0 aliphatic carbocycles. The fraction of sp³-hybridized carbons (Fsp3) is 0.588. The largest absolute Gasteiger partial charge is 0.360 e. The number of carbonyl (C=O) groups is 1. The second-order valence-electron chi connectivity index (χ2n) is 6.22. The van der Waals surface area contributed by atoms with E-state index in [1.807, 2.05) is 19.1 Å². The van der Waals surface area contributed by atoms with Gasteiger partial charge in [-0.2, -0.15) is 0 Å². The van der Waals surface area contributed by atoms with Crippen LogP contribution < -0.4 is 15.1 Å². The summed E-state index contributed by atoms with van der Waals surface area (Å²) in [7, 11) is 0. The molecule has 1 aliphatic rings. The number of nitrogens with zero attached hydrogens (tertiary/aromatic N) is 1. The lowest BCUT2D eigenvalue weighted by Crippen LogP contribution is -3.16. The number of piperazine rings is 1. The van der Waals surface area contributed by atoms with Gasteiger partial charge in [-0.25, -0.2) is 0 Å². The Morgan fingerprint density at radius 2 is 2.09 bits per heavy atom. The van der Waals surface area contributed by atoms with Crippen molar-refractivity contribution in [3.8, 4) is 0 Å². The van der Waals surface area contributed by atoms with Crippen LogP contribution in [-0.4, -0.2) is 44.7 Å². The summed E-state index contributed by atoms with van der Waals surface area (Å²) < 4.78 is 0. The van der Waals surface area contributed by atoms with E-state index < -0.39 is 0 Å². The highest BCUT2D eigenvalue weighted by Crippen LogP contribution is 2.24. The molecule has 2 rings (SSSR count). The second kappa shape index (κ2) is 7.84. The number of nitrogens with one attached hydrogen (secondary N) is 2. The molecule has 1 atom stereocenters. The van der Waals surface area contributed by atoms with Crippen molar-refractivity contribution in [2.45, 2.75) is 33.2 Å². The van der Waals surface area contributed by atoms with E-state index in [1.165, 1.54) is 16.2 Å². The summed E-state index contributed by atoms with van der Waals surface area (Å²) >= 11 is 6.11. The zero-order valence-corrected chi connectivity index (χ0v) is 14.5. The molecule has 4 nitrogen and oxygen atoms in total. The van der Waals surface area contributed by atoms with Crippen molar-refractivity contribution < 1.29 is 9.69 Å². The van der Waals surface area contributed by atoms with E-state index in [2.05, 4.69) is 30.1 Å². The van der Waals surface area contributed by atoms with Gasteiger partial charge in [0.15, 0.2) is 6.54 Å². The minimum absolute atomic E-state index is 0.164. The van der Waals surface area contributed by atoms with Crippen molar-refractivity contribution in [1.29, 1.82) is 0 Å². The van der Waals surface area contributed by atoms with E-state index in [-0.39, 0.29) is 11.9 Å². The van der Waals surface area contributed by atoms with Crippen LogP contribution in [0.25, 0.3) is 0 Å². The standard InChI is InChI=1S/C17H26ClN3O/c1-4-14(3)19-17(22)12-20-7-9-21(10-8-20)16-11-15(18)6-5-13(16)2/h5-6,11,14H,4,7-10,12H2,1-3H3,(H,19,22)/p+1/t14-/m0/s1. The quantitative estimate of drug-likeness (QED) is 0.856. The maximum atomic E-state index is 12.0. The molecule has 5 heteroatoms. The third-order valence-corrected chi connectivity index (χ3v) is 4.65. The maximum Gasteiger partial charge on any atom is 0.275 e. The monoisotopic (exact) mass is 324 g/mol. The van der Waals surface area contributed by atoms with Crippen LogP contribution in [0.3, 0.4) is 0 Å². The van der Waals surface area contributed by atoms with Crippen molar-refractivity contribution in [3.63, 3.8) is 0 Å². The summed E-state index contributed by atoms with van der Waals surface area (Å²) in [6.45, 7) is 10.7. The number of amides is 1. The first-order valence-corrected chi connectivity index (χ1v) is 8.51. The molecule has 0 bridgehead atoms. The van der Waals surface area contributed by atoms with E-state index in [9.17, 15) is 4.79 Å². The molecule has 1 fully saturated rings. The van der Waals surface area contributed by atoms with Gasteiger partial charge < -0.3 is 15.1 Å². The second-order valence-corrected chi connectivity index (χ2v) is 6.66. The van der Waals surface area contributed by atoms with E-state index in [4.69, 9.17) is 11.6 Å². The Morgan fingerprint density at radius 3 is 2.73 bits per heavy atom. The Morgan fingerprint density at radius 1 is 1.41 bits per heavy atom. The molecule has 2 N–H and O–H groups in total. The number of anilines is 1. The first kappa shape index (κ1) is 17.1. The van der Waals surface area contributed by atoms with E-state index in [0.717, 1.165) is 37.6 Å². The molecule has 0 unspecified atom stereocenters. The number of benzene rings is 1. The number of hydrogen-bond donors (Lipinski definition) is 2. The predicted molar refractivity (Wildman–Crippen MR) is 91.9 cm³/mol. The Hall–Kier alpha value is -1.26. The average Bonchev–Trinajstić information content (AvgIpc) is 2.50. The highest BCUT2D eigenvalue weighted by atomic mass is 35.5. The Balaban J connectivity index is 1.85. The molecule has 1 amide bonds. The van der Waals surface area contributed by atoms with Crippen molar-refractivity contribution in [2.75, 3.05) is 37.6 Å². The van der Waals surface area contributed by atoms with Gasteiger partial charge in [-0.3, -0.25) is 4.79 Å². The molecular formula is C17H27ClN3O+. The molecular weight excluding hydrogens is 298 g/mol.